The molecule has 70 valence electrons. The molecule has 1 aliphatic rings. The van der Waals surface area contributed by atoms with Crippen molar-refractivity contribution in [3.8, 4) is 0 Å². The molecule has 0 aromatic heterocycles. The van der Waals surface area contributed by atoms with Crippen LogP contribution in [0.3, 0.4) is 0 Å². The molecule has 3 nitrogen and oxygen atoms in total. The van der Waals surface area contributed by atoms with Gasteiger partial charge in [-0.05, 0) is 19.3 Å². The molecule has 0 amide bonds. The van der Waals surface area contributed by atoms with Crippen LogP contribution >= 0.6 is 0 Å². The van der Waals surface area contributed by atoms with Gasteiger partial charge in [-0.2, -0.15) is 0 Å². The fourth-order valence-corrected chi connectivity index (χ4v) is 1.58. The molecule has 4 heteroatoms. The number of rotatable bonds is 2. The van der Waals surface area contributed by atoms with E-state index in [1.54, 1.807) is 0 Å². The summed E-state index contributed by atoms with van der Waals surface area (Å²) in [4.78, 5) is 10.5. The summed E-state index contributed by atoms with van der Waals surface area (Å²) in [6.45, 7) is 0. The van der Waals surface area contributed by atoms with Gasteiger partial charge in [0.05, 0.1) is 12.0 Å². The number of aliphatic carboxylic acids is 1. The number of methoxy groups -OCH3 is 1. The molecule has 1 unspecified atom stereocenters. The van der Waals surface area contributed by atoms with Gasteiger partial charge in [-0.15, -0.1) is 0 Å². The largest absolute Gasteiger partial charge is 0.481 e. The summed E-state index contributed by atoms with van der Waals surface area (Å²) in [6, 6.07) is 0. The van der Waals surface area contributed by atoms with Gasteiger partial charge in [0, 0.05) is 7.11 Å². The van der Waals surface area contributed by atoms with Crippen LogP contribution in [0.2, 0.25) is 0 Å². The van der Waals surface area contributed by atoms with E-state index in [-0.39, 0.29) is 6.42 Å². The highest BCUT2D eigenvalue weighted by Crippen LogP contribution is 2.28. The minimum atomic E-state index is -1.12. The van der Waals surface area contributed by atoms with Crippen molar-refractivity contribution in [2.75, 3.05) is 7.11 Å². The molecule has 1 aliphatic carbocycles. The van der Waals surface area contributed by atoms with Crippen LogP contribution in [-0.2, 0) is 9.53 Å². The maximum Gasteiger partial charge on any atom is 0.306 e. The van der Waals surface area contributed by atoms with E-state index in [1.165, 1.54) is 7.11 Å². The summed E-state index contributed by atoms with van der Waals surface area (Å²) >= 11 is 0. The molecule has 0 spiro atoms. The molecule has 0 radical (unpaired) electrons. The number of carboxylic acid groups (broad SMARTS) is 1. The molecular formula is C8H13FO3. The van der Waals surface area contributed by atoms with Gasteiger partial charge < -0.3 is 9.84 Å². The smallest absolute Gasteiger partial charge is 0.306 e. The van der Waals surface area contributed by atoms with E-state index < -0.39 is 24.2 Å². The zero-order chi connectivity index (χ0) is 9.14. The van der Waals surface area contributed by atoms with E-state index in [4.69, 9.17) is 9.84 Å². The third-order valence-corrected chi connectivity index (χ3v) is 2.36. The lowest BCUT2D eigenvalue weighted by molar-refractivity contribution is -0.145. The number of hydrogen-bond acceptors (Lipinski definition) is 2. The van der Waals surface area contributed by atoms with Crippen LogP contribution in [0.4, 0.5) is 4.39 Å². The first kappa shape index (κ1) is 9.45. The van der Waals surface area contributed by atoms with Crippen molar-refractivity contribution in [2.24, 2.45) is 5.92 Å². The molecule has 0 bridgehead atoms. The first-order valence-corrected chi connectivity index (χ1v) is 4.04. The van der Waals surface area contributed by atoms with Crippen molar-refractivity contribution in [2.45, 2.75) is 31.5 Å². The molecule has 1 N–H and O–H groups in total. The summed E-state index contributed by atoms with van der Waals surface area (Å²) in [6.07, 6.45) is -0.401. The number of carbonyl (C=O) groups is 1. The van der Waals surface area contributed by atoms with Crippen molar-refractivity contribution in [1.82, 2.24) is 0 Å². The Kier molecular flexibility index (Phi) is 3.03. The zero-order valence-corrected chi connectivity index (χ0v) is 7.00. The van der Waals surface area contributed by atoms with E-state index in [9.17, 15) is 9.18 Å². The van der Waals surface area contributed by atoms with E-state index in [2.05, 4.69) is 0 Å². The maximum absolute atomic E-state index is 13.1. The van der Waals surface area contributed by atoms with Crippen LogP contribution in [-0.4, -0.2) is 30.5 Å². The SMILES string of the molecule is CO[C@H]1CC[C@H](C(=O)O)CC1F. The van der Waals surface area contributed by atoms with Crippen LogP contribution in [0.15, 0.2) is 0 Å². The van der Waals surface area contributed by atoms with Gasteiger partial charge in [-0.3, -0.25) is 4.79 Å². The first-order chi connectivity index (χ1) is 5.65. The molecule has 1 rings (SSSR count). The van der Waals surface area contributed by atoms with Crippen molar-refractivity contribution >= 4 is 5.97 Å². The normalized spacial score (nSPS) is 36.3. The Labute approximate surface area is 70.5 Å². The lowest BCUT2D eigenvalue weighted by Gasteiger charge is -2.28. The Bertz CT molecular complexity index is 172. The molecular weight excluding hydrogens is 163 g/mol. The molecule has 1 saturated carbocycles. The predicted molar refractivity (Wildman–Crippen MR) is 40.7 cm³/mol. The molecule has 0 aliphatic heterocycles. The Hall–Kier alpha value is -0.640. The Morgan fingerprint density at radius 1 is 1.58 bits per heavy atom. The quantitative estimate of drug-likeness (QED) is 0.688. The summed E-state index contributed by atoms with van der Waals surface area (Å²) in [5.41, 5.74) is 0. The molecule has 0 aromatic rings. The third kappa shape index (κ3) is 1.94. The van der Waals surface area contributed by atoms with Gasteiger partial charge in [0.1, 0.15) is 6.17 Å². The number of alkyl halides is 1. The summed E-state index contributed by atoms with van der Waals surface area (Å²) in [5.74, 6) is -1.42. The minimum Gasteiger partial charge on any atom is -0.481 e. The van der Waals surface area contributed by atoms with Crippen molar-refractivity contribution in [3.63, 3.8) is 0 Å². The molecule has 1 fully saturated rings. The number of hydrogen-bond donors (Lipinski definition) is 1. The van der Waals surface area contributed by atoms with Gasteiger partial charge in [-0.1, -0.05) is 0 Å². The van der Waals surface area contributed by atoms with Gasteiger partial charge in [0.2, 0.25) is 0 Å². The Balaban J connectivity index is 2.46. The van der Waals surface area contributed by atoms with E-state index in [0.29, 0.717) is 12.8 Å². The lowest BCUT2D eigenvalue weighted by Crippen LogP contribution is -2.34. The van der Waals surface area contributed by atoms with Gasteiger partial charge in [0.15, 0.2) is 0 Å². The highest BCUT2D eigenvalue weighted by Gasteiger charge is 2.33. The van der Waals surface area contributed by atoms with Crippen LogP contribution in [0, 0.1) is 5.92 Å². The first-order valence-electron chi connectivity index (χ1n) is 4.04. The van der Waals surface area contributed by atoms with Crippen LogP contribution < -0.4 is 0 Å². The predicted octanol–water partition coefficient (Wildman–Crippen LogP) is 1.22. The molecule has 0 saturated heterocycles. The topological polar surface area (TPSA) is 46.5 Å². The molecule has 0 aromatic carbocycles. The average molecular weight is 176 g/mol. The molecule has 12 heavy (non-hydrogen) atoms. The summed E-state index contributed by atoms with van der Waals surface area (Å²) in [7, 11) is 1.46. The minimum absolute atomic E-state index is 0.0911. The fourth-order valence-electron chi connectivity index (χ4n) is 1.58. The monoisotopic (exact) mass is 176 g/mol. The maximum atomic E-state index is 13.1. The second-order valence-electron chi connectivity index (χ2n) is 3.14. The van der Waals surface area contributed by atoms with Gasteiger partial charge in [-0.25, -0.2) is 4.39 Å². The highest BCUT2D eigenvalue weighted by atomic mass is 19.1. The van der Waals surface area contributed by atoms with Gasteiger partial charge in [0.25, 0.3) is 0 Å². The Morgan fingerprint density at radius 3 is 2.67 bits per heavy atom. The van der Waals surface area contributed by atoms with Crippen molar-refractivity contribution in [1.29, 1.82) is 0 Å². The fraction of sp³-hybridized carbons (Fsp3) is 0.875. The Morgan fingerprint density at radius 2 is 2.25 bits per heavy atom. The second-order valence-corrected chi connectivity index (χ2v) is 3.14. The number of halogens is 1. The van der Waals surface area contributed by atoms with E-state index in [1.807, 2.05) is 0 Å². The van der Waals surface area contributed by atoms with Crippen LogP contribution in [0.5, 0.6) is 0 Å². The standard InChI is InChI=1S/C8H13FO3/c1-12-7-3-2-5(8(10)11)4-6(7)9/h5-7H,2-4H2,1H3,(H,10,11)/t5-,6?,7-/m0/s1. The zero-order valence-electron chi connectivity index (χ0n) is 7.00. The second kappa shape index (κ2) is 3.85. The number of carboxylic acids is 1. The lowest BCUT2D eigenvalue weighted by atomic mass is 9.86. The third-order valence-electron chi connectivity index (χ3n) is 2.36. The van der Waals surface area contributed by atoms with Crippen molar-refractivity contribution < 1.29 is 19.0 Å². The highest BCUT2D eigenvalue weighted by molar-refractivity contribution is 5.70. The average Bonchev–Trinajstić information content (AvgIpc) is 2.04. The summed E-state index contributed by atoms with van der Waals surface area (Å²) in [5, 5.41) is 8.61. The summed E-state index contributed by atoms with van der Waals surface area (Å²) < 4.78 is 17.9. The molecule has 0 heterocycles. The number of ether oxygens (including phenoxy) is 1. The molecule has 3 atom stereocenters. The van der Waals surface area contributed by atoms with Gasteiger partial charge >= 0.3 is 5.97 Å². The van der Waals surface area contributed by atoms with Crippen molar-refractivity contribution in [3.05, 3.63) is 0 Å². The van der Waals surface area contributed by atoms with Crippen LogP contribution in [0.25, 0.3) is 0 Å². The van der Waals surface area contributed by atoms with E-state index >= 15 is 0 Å². The van der Waals surface area contributed by atoms with E-state index in [0.717, 1.165) is 0 Å². The van der Waals surface area contributed by atoms with Crippen LogP contribution in [0.1, 0.15) is 19.3 Å².